The summed E-state index contributed by atoms with van der Waals surface area (Å²) in [5, 5.41) is 20.8. The largest absolute Gasteiger partial charge is 0.479 e. The molecule has 1 aromatic heterocycles. The van der Waals surface area contributed by atoms with Gasteiger partial charge in [-0.25, -0.2) is 0 Å². The van der Waals surface area contributed by atoms with Crippen LogP contribution in [0.15, 0.2) is 43.1 Å². The highest BCUT2D eigenvalue weighted by atomic mass is 16.5. The second-order valence-electron chi connectivity index (χ2n) is 7.22. The van der Waals surface area contributed by atoms with Gasteiger partial charge in [-0.1, -0.05) is 6.08 Å². The van der Waals surface area contributed by atoms with Gasteiger partial charge in [0.15, 0.2) is 6.61 Å². The summed E-state index contributed by atoms with van der Waals surface area (Å²) in [6.07, 6.45) is 5.43. The van der Waals surface area contributed by atoms with E-state index < -0.39 is 6.10 Å². The Kier molecular flexibility index (Phi) is 4.62. The summed E-state index contributed by atoms with van der Waals surface area (Å²) >= 11 is 0. The van der Waals surface area contributed by atoms with E-state index in [2.05, 4.69) is 22.5 Å². The Bertz CT molecular complexity index is 860. The molecule has 5 heteroatoms. The Morgan fingerprint density at radius 2 is 2.35 bits per heavy atom. The van der Waals surface area contributed by atoms with Gasteiger partial charge in [0.05, 0.1) is 11.6 Å². The molecule has 1 aromatic carbocycles. The van der Waals surface area contributed by atoms with Gasteiger partial charge in [-0.2, -0.15) is 5.26 Å². The zero-order chi connectivity index (χ0) is 18.1. The Labute approximate surface area is 153 Å². The van der Waals surface area contributed by atoms with Gasteiger partial charge in [0.2, 0.25) is 0 Å². The average Bonchev–Trinajstić information content (AvgIpc) is 2.71. The smallest absolute Gasteiger partial charge is 0.174 e. The molecule has 0 radical (unpaired) electrons. The molecule has 1 N–H and O–H groups in total. The second-order valence-corrected chi connectivity index (χ2v) is 7.22. The quantitative estimate of drug-likeness (QED) is 0.840. The number of aliphatic hydroxyl groups excluding tert-OH is 1. The molecule has 4 unspecified atom stereocenters. The van der Waals surface area contributed by atoms with Crippen LogP contribution >= 0.6 is 0 Å². The zero-order valence-corrected chi connectivity index (χ0v) is 14.7. The normalized spacial score (nSPS) is 28.5. The first-order valence-electron chi connectivity index (χ1n) is 9.14. The minimum atomic E-state index is -0.569. The minimum absolute atomic E-state index is 0.00464. The lowest BCUT2D eigenvalue weighted by atomic mass is 9.73. The Morgan fingerprint density at radius 1 is 1.46 bits per heavy atom. The number of aromatic nitrogens is 1. The Balaban J connectivity index is 1.65. The molecule has 134 valence electrons. The van der Waals surface area contributed by atoms with Gasteiger partial charge in [-0.05, 0) is 61.1 Å². The topological polar surface area (TPSA) is 69.4 Å². The van der Waals surface area contributed by atoms with Crippen molar-refractivity contribution in [3.05, 3.63) is 48.7 Å². The molecule has 5 atom stereocenters. The van der Waals surface area contributed by atoms with Crippen LogP contribution in [0.3, 0.4) is 0 Å². The number of ether oxygens (including phenoxy) is 1. The van der Waals surface area contributed by atoms with Crippen molar-refractivity contribution >= 4 is 10.9 Å². The van der Waals surface area contributed by atoms with E-state index in [0.717, 1.165) is 36.0 Å². The van der Waals surface area contributed by atoms with Crippen LogP contribution in [0.25, 0.3) is 10.9 Å². The molecule has 26 heavy (non-hydrogen) atoms. The van der Waals surface area contributed by atoms with E-state index in [1.165, 1.54) is 6.42 Å². The van der Waals surface area contributed by atoms with E-state index in [1.807, 2.05) is 30.3 Å². The molecule has 0 saturated carbocycles. The summed E-state index contributed by atoms with van der Waals surface area (Å²) in [4.78, 5) is 6.81. The molecular formula is C21H23N3O2. The SMILES string of the molecule is C=CC1CN2CCC1CC2[C@@H](O)c1ccnc2ccc(OCC#N)cc12. The highest BCUT2D eigenvalue weighted by molar-refractivity contribution is 5.84. The van der Waals surface area contributed by atoms with Crippen LogP contribution in [0.4, 0.5) is 0 Å². The standard InChI is InChI=1S/C21H23N3O2/c1-2-14-13-24-9-6-15(14)11-20(24)21(25)17-5-8-23-19-4-3-16(12-18(17)19)26-10-7-22/h2-5,8,12,14-15,20-21,25H,1,6,9-11,13H2/t14?,15?,20?,21-/m0/s1. The number of aliphatic hydroxyl groups is 1. The summed E-state index contributed by atoms with van der Waals surface area (Å²) in [6.45, 7) is 6.00. The summed E-state index contributed by atoms with van der Waals surface area (Å²) in [7, 11) is 0. The van der Waals surface area contributed by atoms with E-state index in [1.54, 1.807) is 6.20 Å². The van der Waals surface area contributed by atoms with Gasteiger partial charge in [-0.3, -0.25) is 9.88 Å². The Hall–Kier alpha value is -2.42. The third kappa shape index (κ3) is 2.96. The van der Waals surface area contributed by atoms with Crippen LogP contribution in [-0.4, -0.2) is 40.7 Å². The Morgan fingerprint density at radius 3 is 3.08 bits per heavy atom. The lowest BCUT2D eigenvalue weighted by Gasteiger charge is -2.50. The maximum atomic E-state index is 11.2. The first-order chi connectivity index (χ1) is 12.7. The molecule has 5 nitrogen and oxygen atoms in total. The number of nitrogens with zero attached hydrogens (tertiary/aromatic N) is 3. The number of piperidine rings is 3. The van der Waals surface area contributed by atoms with Gasteiger partial charge in [0.1, 0.15) is 11.8 Å². The van der Waals surface area contributed by atoms with Crippen molar-refractivity contribution in [3.8, 4) is 11.8 Å². The third-order valence-electron chi connectivity index (χ3n) is 5.89. The van der Waals surface area contributed by atoms with Crippen molar-refractivity contribution in [1.29, 1.82) is 5.26 Å². The predicted octanol–water partition coefficient (Wildman–Crippen LogP) is 3.07. The zero-order valence-electron chi connectivity index (χ0n) is 14.7. The molecule has 4 heterocycles. The van der Waals surface area contributed by atoms with Crippen molar-refractivity contribution < 1.29 is 9.84 Å². The maximum absolute atomic E-state index is 11.2. The van der Waals surface area contributed by atoms with Crippen LogP contribution in [0, 0.1) is 23.2 Å². The fraction of sp³-hybridized carbons (Fsp3) is 0.429. The third-order valence-corrected chi connectivity index (χ3v) is 5.89. The first-order valence-corrected chi connectivity index (χ1v) is 9.14. The van der Waals surface area contributed by atoms with E-state index in [-0.39, 0.29) is 12.6 Å². The molecule has 3 aliphatic rings. The molecule has 5 rings (SSSR count). The lowest BCUT2D eigenvalue weighted by molar-refractivity contribution is -0.0444. The molecule has 0 aliphatic carbocycles. The summed E-state index contributed by atoms with van der Waals surface area (Å²) in [5.74, 6) is 1.77. The summed E-state index contributed by atoms with van der Waals surface area (Å²) in [5.41, 5.74) is 1.70. The predicted molar refractivity (Wildman–Crippen MR) is 99.6 cm³/mol. The summed E-state index contributed by atoms with van der Waals surface area (Å²) < 4.78 is 5.43. The van der Waals surface area contributed by atoms with Crippen LogP contribution < -0.4 is 4.74 Å². The van der Waals surface area contributed by atoms with Crippen LogP contribution in [0.1, 0.15) is 24.5 Å². The summed E-state index contributed by atoms with van der Waals surface area (Å²) in [6, 6.07) is 9.56. The number of rotatable bonds is 5. The van der Waals surface area contributed by atoms with Gasteiger partial charge >= 0.3 is 0 Å². The van der Waals surface area contributed by atoms with Crippen LogP contribution in [0.2, 0.25) is 0 Å². The van der Waals surface area contributed by atoms with E-state index >= 15 is 0 Å². The van der Waals surface area contributed by atoms with Gasteiger partial charge in [-0.15, -0.1) is 6.58 Å². The molecule has 3 aliphatic heterocycles. The van der Waals surface area contributed by atoms with E-state index in [4.69, 9.17) is 10.00 Å². The van der Waals surface area contributed by atoms with Crippen molar-refractivity contribution in [2.24, 2.45) is 11.8 Å². The van der Waals surface area contributed by atoms with Crippen molar-refractivity contribution in [1.82, 2.24) is 9.88 Å². The molecule has 0 spiro atoms. The fourth-order valence-electron chi connectivity index (χ4n) is 4.52. The van der Waals surface area contributed by atoms with E-state index in [9.17, 15) is 5.11 Å². The van der Waals surface area contributed by atoms with Crippen LogP contribution in [-0.2, 0) is 0 Å². The van der Waals surface area contributed by atoms with Gasteiger partial charge in [0.25, 0.3) is 0 Å². The lowest BCUT2D eigenvalue weighted by Crippen LogP contribution is -2.54. The number of pyridine rings is 1. The maximum Gasteiger partial charge on any atom is 0.174 e. The monoisotopic (exact) mass is 349 g/mol. The molecule has 3 saturated heterocycles. The van der Waals surface area contributed by atoms with Gasteiger partial charge in [0, 0.05) is 24.2 Å². The molecule has 2 bridgehead atoms. The molecule has 2 aromatic rings. The van der Waals surface area contributed by atoms with Crippen molar-refractivity contribution in [2.45, 2.75) is 25.0 Å². The fourth-order valence-corrected chi connectivity index (χ4v) is 4.52. The number of hydrogen-bond acceptors (Lipinski definition) is 5. The molecular weight excluding hydrogens is 326 g/mol. The number of hydrogen-bond donors (Lipinski definition) is 1. The first kappa shape index (κ1) is 17.0. The molecule has 3 fully saturated rings. The highest BCUT2D eigenvalue weighted by Crippen LogP contribution is 2.42. The van der Waals surface area contributed by atoms with E-state index in [0.29, 0.717) is 17.6 Å². The number of benzene rings is 1. The minimum Gasteiger partial charge on any atom is -0.479 e. The molecule has 0 amide bonds. The second kappa shape index (κ2) is 7.06. The number of fused-ring (bicyclic) bond motifs is 4. The average molecular weight is 349 g/mol. The van der Waals surface area contributed by atoms with Crippen molar-refractivity contribution in [2.75, 3.05) is 19.7 Å². The highest BCUT2D eigenvalue weighted by Gasteiger charge is 2.42. The number of nitriles is 1. The van der Waals surface area contributed by atoms with Gasteiger partial charge < -0.3 is 9.84 Å². The van der Waals surface area contributed by atoms with Crippen LogP contribution in [0.5, 0.6) is 5.75 Å². The van der Waals surface area contributed by atoms with Crippen molar-refractivity contribution in [3.63, 3.8) is 0 Å².